The van der Waals surface area contributed by atoms with Crippen molar-refractivity contribution >= 4 is 5.91 Å². The van der Waals surface area contributed by atoms with Crippen LogP contribution in [0.1, 0.15) is 24.0 Å². The number of piperidine rings is 1. The standard InChI is InChI=1S/C20H22FNO2/c1-15-5-7-18(8-6-15)24-19-9-11-22(12-10-19)20(23)14-16-3-2-4-17(21)13-16/h2-8,13,19H,9-12,14H2,1H3. The molecular formula is C20H22FNO2. The molecule has 1 fully saturated rings. The van der Waals surface area contributed by atoms with Crippen LogP contribution in [0.3, 0.4) is 0 Å². The number of benzene rings is 2. The normalized spacial score (nSPS) is 15.3. The minimum Gasteiger partial charge on any atom is -0.490 e. The van der Waals surface area contributed by atoms with Crippen molar-refractivity contribution in [2.75, 3.05) is 13.1 Å². The summed E-state index contributed by atoms with van der Waals surface area (Å²) in [6, 6.07) is 14.3. The van der Waals surface area contributed by atoms with E-state index >= 15 is 0 Å². The van der Waals surface area contributed by atoms with Crippen molar-refractivity contribution in [3.63, 3.8) is 0 Å². The maximum Gasteiger partial charge on any atom is 0.226 e. The summed E-state index contributed by atoms with van der Waals surface area (Å²) in [5.41, 5.74) is 1.93. The number of amides is 1. The highest BCUT2D eigenvalue weighted by Gasteiger charge is 2.24. The van der Waals surface area contributed by atoms with E-state index in [1.165, 1.54) is 17.7 Å². The van der Waals surface area contributed by atoms with E-state index in [1.807, 2.05) is 36.1 Å². The summed E-state index contributed by atoms with van der Waals surface area (Å²) in [4.78, 5) is 14.2. The molecule has 3 rings (SSSR count). The molecule has 0 aromatic heterocycles. The Morgan fingerprint density at radius 3 is 2.54 bits per heavy atom. The molecule has 1 saturated heterocycles. The van der Waals surface area contributed by atoms with Gasteiger partial charge in [-0.1, -0.05) is 29.8 Å². The molecule has 0 spiro atoms. The van der Waals surface area contributed by atoms with Crippen LogP contribution in [-0.4, -0.2) is 30.0 Å². The van der Waals surface area contributed by atoms with E-state index in [0.29, 0.717) is 13.1 Å². The van der Waals surface area contributed by atoms with Gasteiger partial charge in [-0.25, -0.2) is 4.39 Å². The second kappa shape index (κ2) is 7.47. The zero-order chi connectivity index (χ0) is 16.9. The number of hydrogen-bond acceptors (Lipinski definition) is 2. The van der Waals surface area contributed by atoms with Gasteiger partial charge in [0.1, 0.15) is 17.7 Å². The highest BCUT2D eigenvalue weighted by Crippen LogP contribution is 2.20. The molecule has 2 aromatic rings. The summed E-state index contributed by atoms with van der Waals surface area (Å²) in [7, 11) is 0. The van der Waals surface area contributed by atoms with Crippen molar-refractivity contribution in [2.45, 2.75) is 32.3 Å². The molecule has 0 atom stereocenters. The lowest BCUT2D eigenvalue weighted by Gasteiger charge is -2.32. The Kier molecular flexibility index (Phi) is 5.14. The van der Waals surface area contributed by atoms with Gasteiger partial charge in [-0.05, 0) is 36.8 Å². The van der Waals surface area contributed by atoms with Crippen LogP contribution in [0.5, 0.6) is 5.75 Å². The average Bonchev–Trinajstić information content (AvgIpc) is 2.57. The third-order valence-electron chi connectivity index (χ3n) is 4.36. The molecule has 1 aliphatic heterocycles. The van der Waals surface area contributed by atoms with Crippen LogP contribution in [0, 0.1) is 12.7 Å². The number of likely N-dealkylation sites (tertiary alicyclic amines) is 1. The van der Waals surface area contributed by atoms with Gasteiger partial charge in [0.2, 0.25) is 5.91 Å². The van der Waals surface area contributed by atoms with E-state index in [0.717, 1.165) is 24.2 Å². The fourth-order valence-corrected chi connectivity index (χ4v) is 2.97. The maximum atomic E-state index is 13.2. The molecular weight excluding hydrogens is 305 g/mol. The van der Waals surface area contributed by atoms with Gasteiger partial charge in [-0.2, -0.15) is 0 Å². The van der Waals surface area contributed by atoms with Crippen LogP contribution in [0.4, 0.5) is 4.39 Å². The topological polar surface area (TPSA) is 29.5 Å². The number of hydrogen-bond donors (Lipinski definition) is 0. The van der Waals surface area contributed by atoms with E-state index < -0.39 is 0 Å². The Morgan fingerprint density at radius 2 is 1.88 bits per heavy atom. The first-order chi connectivity index (χ1) is 11.6. The van der Waals surface area contributed by atoms with Gasteiger partial charge in [0.05, 0.1) is 6.42 Å². The minimum atomic E-state index is -0.300. The van der Waals surface area contributed by atoms with Crippen molar-refractivity contribution in [2.24, 2.45) is 0 Å². The van der Waals surface area contributed by atoms with Crippen LogP contribution in [0.2, 0.25) is 0 Å². The molecule has 0 aliphatic carbocycles. The van der Waals surface area contributed by atoms with E-state index in [1.54, 1.807) is 12.1 Å². The Balaban J connectivity index is 1.49. The Bertz CT molecular complexity index is 691. The Hall–Kier alpha value is -2.36. The quantitative estimate of drug-likeness (QED) is 0.856. The SMILES string of the molecule is Cc1ccc(OC2CCN(C(=O)Cc3cccc(F)c3)CC2)cc1. The second-order valence-electron chi connectivity index (χ2n) is 6.32. The highest BCUT2D eigenvalue weighted by molar-refractivity contribution is 5.78. The molecule has 0 N–H and O–H groups in total. The van der Waals surface area contributed by atoms with Crippen LogP contribution in [0.15, 0.2) is 48.5 Å². The second-order valence-corrected chi connectivity index (χ2v) is 6.32. The number of aryl methyl sites for hydroxylation is 1. The van der Waals surface area contributed by atoms with Gasteiger partial charge in [-0.15, -0.1) is 0 Å². The van der Waals surface area contributed by atoms with Crippen molar-refractivity contribution in [1.29, 1.82) is 0 Å². The first-order valence-corrected chi connectivity index (χ1v) is 8.36. The van der Waals surface area contributed by atoms with E-state index in [4.69, 9.17) is 4.74 Å². The lowest BCUT2D eigenvalue weighted by Crippen LogP contribution is -2.42. The van der Waals surface area contributed by atoms with Gasteiger partial charge in [-0.3, -0.25) is 4.79 Å². The summed E-state index contributed by atoms with van der Waals surface area (Å²) in [5, 5.41) is 0. The zero-order valence-electron chi connectivity index (χ0n) is 13.9. The van der Waals surface area contributed by atoms with Crippen LogP contribution in [0.25, 0.3) is 0 Å². The number of rotatable bonds is 4. The van der Waals surface area contributed by atoms with Gasteiger partial charge in [0.25, 0.3) is 0 Å². The summed E-state index contributed by atoms with van der Waals surface area (Å²) in [6.07, 6.45) is 2.04. The molecule has 0 radical (unpaired) electrons. The molecule has 0 unspecified atom stereocenters. The number of carbonyl (C=O) groups excluding carboxylic acids is 1. The van der Waals surface area contributed by atoms with Gasteiger partial charge < -0.3 is 9.64 Å². The largest absolute Gasteiger partial charge is 0.490 e. The summed E-state index contributed by atoms with van der Waals surface area (Å²) in [6.45, 7) is 3.42. The average molecular weight is 327 g/mol. The van der Waals surface area contributed by atoms with Crippen molar-refractivity contribution in [1.82, 2.24) is 4.90 Å². The maximum absolute atomic E-state index is 13.2. The molecule has 1 aliphatic rings. The molecule has 4 heteroatoms. The molecule has 0 saturated carbocycles. The van der Waals surface area contributed by atoms with Gasteiger partial charge in [0, 0.05) is 25.9 Å². The van der Waals surface area contributed by atoms with Crippen LogP contribution in [-0.2, 0) is 11.2 Å². The van der Waals surface area contributed by atoms with Crippen molar-refractivity contribution < 1.29 is 13.9 Å². The number of carbonyl (C=O) groups is 1. The van der Waals surface area contributed by atoms with Crippen molar-refractivity contribution in [3.8, 4) is 5.75 Å². The van der Waals surface area contributed by atoms with E-state index in [9.17, 15) is 9.18 Å². The Morgan fingerprint density at radius 1 is 1.17 bits per heavy atom. The van der Waals surface area contributed by atoms with Crippen LogP contribution >= 0.6 is 0 Å². The molecule has 2 aromatic carbocycles. The molecule has 3 nitrogen and oxygen atoms in total. The minimum absolute atomic E-state index is 0.0504. The molecule has 24 heavy (non-hydrogen) atoms. The number of nitrogens with zero attached hydrogens (tertiary/aromatic N) is 1. The third-order valence-corrected chi connectivity index (χ3v) is 4.36. The predicted molar refractivity (Wildman–Crippen MR) is 91.5 cm³/mol. The molecule has 126 valence electrons. The predicted octanol–water partition coefficient (Wildman–Crippen LogP) is 3.75. The lowest BCUT2D eigenvalue weighted by atomic mass is 10.1. The molecule has 1 amide bonds. The first-order valence-electron chi connectivity index (χ1n) is 8.36. The summed E-state index contributed by atoms with van der Waals surface area (Å²) < 4.78 is 19.2. The third kappa shape index (κ3) is 4.34. The first kappa shape index (κ1) is 16.5. The summed E-state index contributed by atoms with van der Waals surface area (Å²) >= 11 is 0. The molecule has 0 bridgehead atoms. The van der Waals surface area contributed by atoms with Crippen molar-refractivity contribution in [3.05, 3.63) is 65.5 Å². The smallest absolute Gasteiger partial charge is 0.226 e. The Labute approximate surface area is 142 Å². The lowest BCUT2D eigenvalue weighted by molar-refractivity contribution is -0.132. The van der Waals surface area contributed by atoms with Gasteiger partial charge >= 0.3 is 0 Å². The zero-order valence-corrected chi connectivity index (χ0v) is 13.9. The van der Waals surface area contributed by atoms with Gasteiger partial charge in [0.15, 0.2) is 0 Å². The highest BCUT2D eigenvalue weighted by atomic mass is 19.1. The number of ether oxygens (including phenoxy) is 1. The fraction of sp³-hybridized carbons (Fsp3) is 0.350. The number of halogens is 1. The van der Waals surface area contributed by atoms with E-state index in [2.05, 4.69) is 0 Å². The molecule has 1 heterocycles. The fourth-order valence-electron chi connectivity index (χ4n) is 2.97. The van der Waals surface area contributed by atoms with Crippen LogP contribution < -0.4 is 4.74 Å². The monoisotopic (exact) mass is 327 g/mol. The summed E-state index contributed by atoms with van der Waals surface area (Å²) in [5.74, 6) is 0.630. The van der Waals surface area contributed by atoms with E-state index in [-0.39, 0.29) is 24.2 Å².